The van der Waals surface area contributed by atoms with E-state index in [1.165, 1.54) is 0 Å². The van der Waals surface area contributed by atoms with Crippen molar-refractivity contribution in [2.45, 2.75) is 31.1 Å². The highest BCUT2D eigenvalue weighted by Crippen LogP contribution is 2.49. The summed E-state index contributed by atoms with van der Waals surface area (Å²) in [5, 5.41) is 0. The summed E-state index contributed by atoms with van der Waals surface area (Å²) in [6.07, 6.45) is 7.58. The second-order valence-electron chi connectivity index (χ2n) is 5.75. The minimum absolute atomic E-state index is 0.0393. The average Bonchev–Trinajstić information content (AvgIpc) is 2.98. The van der Waals surface area contributed by atoms with Gasteiger partial charge in [-0.2, -0.15) is 8.42 Å². The van der Waals surface area contributed by atoms with Crippen molar-refractivity contribution in [1.82, 2.24) is 0 Å². The van der Waals surface area contributed by atoms with Crippen molar-refractivity contribution in [2.75, 3.05) is 6.61 Å². The third-order valence-corrected chi connectivity index (χ3v) is 5.49. The van der Waals surface area contributed by atoms with Crippen LogP contribution in [0.1, 0.15) is 24.8 Å². The summed E-state index contributed by atoms with van der Waals surface area (Å²) in [5.41, 5.74) is 0.998. The van der Waals surface area contributed by atoms with Gasteiger partial charge >= 0.3 is 0 Å². The Bertz CT molecular complexity index is 601. The lowest BCUT2D eigenvalue weighted by Crippen LogP contribution is -2.22. The van der Waals surface area contributed by atoms with Crippen LogP contribution in [0, 0.1) is 18.3 Å². The molecule has 1 aromatic rings. The Morgan fingerprint density at radius 2 is 2.05 bits per heavy atom. The summed E-state index contributed by atoms with van der Waals surface area (Å²) in [6, 6.07) is 6.78. The van der Waals surface area contributed by atoms with Gasteiger partial charge in [0.05, 0.1) is 11.5 Å². The van der Waals surface area contributed by atoms with Gasteiger partial charge in [0.1, 0.15) is 0 Å². The van der Waals surface area contributed by atoms with Gasteiger partial charge < -0.3 is 0 Å². The zero-order chi connectivity index (χ0) is 13.5. The molecular weight excluding hydrogens is 260 g/mol. The van der Waals surface area contributed by atoms with E-state index in [1.54, 1.807) is 24.3 Å². The summed E-state index contributed by atoms with van der Waals surface area (Å²) in [6.45, 7) is 2.20. The normalized spacial score (nSPS) is 29.0. The first-order chi connectivity index (χ1) is 8.99. The summed E-state index contributed by atoms with van der Waals surface area (Å²) in [7, 11) is -3.63. The maximum Gasteiger partial charge on any atom is 0.297 e. The van der Waals surface area contributed by atoms with Gasteiger partial charge in [0.25, 0.3) is 10.1 Å². The van der Waals surface area contributed by atoms with E-state index >= 15 is 0 Å². The van der Waals surface area contributed by atoms with E-state index in [-0.39, 0.29) is 16.9 Å². The zero-order valence-corrected chi connectivity index (χ0v) is 11.8. The van der Waals surface area contributed by atoms with Gasteiger partial charge in [0.2, 0.25) is 0 Å². The van der Waals surface area contributed by atoms with Crippen LogP contribution in [0.2, 0.25) is 0 Å². The van der Waals surface area contributed by atoms with E-state index < -0.39 is 10.1 Å². The Kier molecular flexibility index (Phi) is 3.02. The van der Waals surface area contributed by atoms with Crippen molar-refractivity contribution in [3.8, 4) is 0 Å². The first-order valence-electron chi connectivity index (χ1n) is 6.65. The average molecular weight is 278 g/mol. The summed E-state index contributed by atoms with van der Waals surface area (Å²) in [5.74, 6) is 0.630. The van der Waals surface area contributed by atoms with Crippen molar-refractivity contribution in [2.24, 2.45) is 11.3 Å². The van der Waals surface area contributed by atoms with Crippen LogP contribution in [0.4, 0.5) is 0 Å². The van der Waals surface area contributed by atoms with Crippen LogP contribution in [0.25, 0.3) is 0 Å². The van der Waals surface area contributed by atoms with E-state index in [0.29, 0.717) is 5.92 Å². The molecule has 0 amide bonds. The highest BCUT2D eigenvalue weighted by Gasteiger charge is 2.41. The Labute approximate surface area is 114 Å². The first kappa shape index (κ1) is 12.9. The molecule has 2 aliphatic rings. The molecule has 19 heavy (non-hydrogen) atoms. The molecule has 0 N–H and O–H groups in total. The van der Waals surface area contributed by atoms with Crippen LogP contribution in [-0.2, 0) is 14.3 Å². The van der Waals surface area contributed by atoms with E-state index in [9.17, 15) is 8.42 Å². The largest absolute Gasteiger partial charge is 0.297 e. The smallest absolute Gasteiger partial charge is 0.265 e. The number of rotatable bonds is 4. The van der Waals surface area contributed by atoms with Crippen molar-refractivity contribution >= 4 is 10.1 Å². The molecule has 2 unspecified atom stereocenters. The molecule has 1 aromatic carbocycles. The predicted molar refractivity (Wildman–Crippen MR) is 73.2 cm³/mol. The quantitative estimate of drug-likeness (QED) is 0.628. The fourth-order valence-corrected chi connectivity index (χ4v) is 4.00. The highest BCUT2D eigenvalue weighted by molar-refractivity contribution is 7.86. The second kappa shape index (κ2) is 4.46. The Balaban J connectivity index is 1.72. The van der Waals surface area contributed by atoms with Gasteiger partial charge in [0, 0.05) is 5.41 Å². The molecule has 0 radical (unpaired) electrons. The second-order valence-corrected chi connectivity index (χ2v) is 7.37. The standard InChI is InChI=1S/C15H18O3S/c1-12-2-4-14(5-3-12)19(16,17)18-11-15-8-6-13(10-15)7-9-15/h2-6,8,13H,7,9-11H2,1H3. The number of fused-ring (bicyclic) bond motifs is 2. The van der Waals surface area contributed by atoms with Gasteiger partial charge in [-0.25, -0.2) is 0 Å². The minimum atomic E-state index is -3.63. The Hall–Kier alpha value is -1.13. The zero-order valence-electron chi connectivity index (χ0n) is 11.0. The maximum atomic E-state index is 12.1. The molecule has 3 nitrogen and oxygen atoms in total. The third-order valence-electron chi connectivity index (χ3n) is 4.21. The monoisotopic (exact) mass is 278 g/mol. The number of hydrogen-bond acceptors (Lipinski definition) is 3. The SMILES string of the molecule is Cc1ccc(S(=O)(=O)OCC23C=CC(CC2)C3)cc1. The van der Waals surface area contributed by atoms with Crippen LogP contribution in [0.3, 0.4) is 0 Å². The molecule has 2 atom stereocenters. The lowest BCUT2D eigenvalue weighted by atomic mass is 9.89. The van der Waals surface area contributed by atoms with Crippen molar-refractivity contribution < 1.29 is 12.6 Å². The summed E-state index contributed by atoms with van der Waals surface area (Å²) < 4.78 is 29.5. The Morgan fingerprint density at radius 3 is 2.58 bits per heavy atom. The lowest BCUT2D eigenvalue weighted by molar-refractivity contribution is 0.203. The molecule has 0 spiro atoms. The van der Waals surface area contributed by atoms with Crippen LogP contribution in [0.15, 0.2) is 41.3 Å². The maximum absolute atomic E-state index is 12.1. The molecule has 0 heterocycles. The molecule has 2 aliphatic carbocycles. The molecule has 1 fully saturated rings. The van der Waals surface area contributed by atoms with Gasteiger partial charge in [-0.3, -0.25) is 4.18 Å². The number of hydrogen-bond donors (Lipinski definition) is 0. The number of allylic oxidation sites excluding steroid dienone is 1. The number of aryl methyl sites for hydroxylation is 1. The predicted octanol–water partition coefficient (Wildman–Crippen LogP) is 3.06. The fraction of sp³-hybridized carbons (Fsp3) is 0.467. The van der Waals surface area contributed by atoms with E-state index in [0.717, 1.165) is 24.8 Å². The molecule has 0 saturated heterocycles. The molecule has 0 aromatic heterocycles. The molecule has 1 saturated carbocycles. The fourth-order valence-electron chi connectivity index (χ4n) is 3.00. The third kappa shape index (κ3) is 2.47. The van der Waals surface area contributed by atoms with Crippen LogP contribution in [-0.4, -0.2) is 15.0 Å². The molecule has 0 aliphatic heterocycles. The lowest BCUT2D eigenvalue weighted by Gasteiger charge is -2.22. The minimum Gasteiger partial charge on any atom is -0.265 e. The first-order valence-corrected chi connectivity index (χ1v) is 8.05. The van der Waals surface area contributed by atoms with Crippen molar-refractivity contribution in [3.63, 3.8) is 0 Å². The van der Waals surface area contributed by atoms with Crippen LogP contribution in [0.5, 0.6) is 0 Å². The highest BCUT2D eigenvalue weighted by atomic mass is 32.2. The van der Waals surface area contributed by atoms with Crippen molar-refractivity contribution in [1.29, 1.82) is 0 Å². The Morgan fingerprint density at radius 1 is 1.32 bits per heavy atom. The molecule has 102 valence electrons. The van der Waals surface area contributed by atoms with Gasteiger partial charge in [0.15, 0.2) is 0 Å². The summed E-state index contributed by atoms with van der Waals surface area (Å²) >= 11 is 0. The van der Waals surface area contributed by atoms with E-state index in [4.69, 9.17) is 4.18 Å². The van der Waals surface area contributed by atoms with Gasteiger partial charge in [-0.05, 0) is 44.2 Å². The van der Waals surface area contributed by atoms with Gasteiger partial charge in [-0.15, -0.1) is 0 Å². The van der Waals surface area contributed by atoms with Crippen LogP contribution >= 0.6 is 0 Å². The summed E-state index contributed by atoms with van der Waals surface area (Å²) in [4.78, 5) is 0.242. The van der Waals surface area contributed by atoms with Gasteiger partial charge in [-0.1, -0.05) is 29.8 Å². The molecule has 4 heteroatoms. The van der Waals surface area contributed by atoms with E-state index in [2.05, 4.69) is 12.2 Å². The van der Waals surface area contributed by atoms with E-state index in [1.807, 2.05) is 6.92 Å². The molecular formula is C15H18O3S. The molecule has 3 rings (SSSR count). The van der Waals surface area contributed by atoms with Crippen molar-refractivity contribution in [3.05, 3.63) is 42.0 Å². The number of benzene rings is 1. The van der Waals surface area contributed by atoms with Crippen LogP contribution < -0.4 is 0 Å². The molecule has 2 bridgehead atoms. The topological polar surface area (TPSA) is 43.4 Å².